The van der Waals surface area contributed by atoms with Crippen molar-refractivity contribution in [2.45, 2.75) is 65.0 Å². The molecule has 1 heterocycles. The second-order valence-corrected chi connectivity index (χ2v) is 7.20. The predicted octanol–water partition coefficient (Wildman–Crippen LogP) is 3.75. The van der Waals surface area contributed by atoms with Crippen molar-refractivity contribution >= 4 is 0 Å². The Morgan fingerprint density at radius 2 is 2.05 bits per heavy atom. The lowest BCUT2D eigenvalue weighted by molar-refractivity contribution is 0.221. The molecular weight excluding hydrogens is 248 g/mol. The monoisotopic (exact) mass is 276 g/mol. The van der Waals surface area contributed by atoms with E-state index in [0.717, 1.165) is 18.2 Å². The number of hydrogen-bond acceptors (Lipinski definition) is 3. The molecule has 0 bridgehead atoms. The molecule has 2 atom stereocenters. The molecule has 1 fully saturated rings. The third kappa shape index (κ3) is 4.20. The molecule has 1 saturated carbocycles. The van der Waals surface area contributed by atoms with E-state index < -0.39 is 0 Å². The first kappa shape index (κ1) is 15.3. The number of rotatable bonds is 5. The molecule has 1 aromatic heterocycles. The van der Waals surface area contributed by atoms with Gasteiger partial charge in [-0.05, 0) is 77.5 Å². The summed E-state index contributed by atoms with van der Waals surface area (Å²) in [6, 6.07) is 2.17. The lowest BCUT2D eigenvalue weighted by Crippen LogP contribution is -2.43. The van der Waals surface area contributed by atoms with Crippen molar-refractivity contribution in [2.75, 3.05) is 6.54 Å². The van der Waals surface area contributed by atoms with Crippen LogP contribution >= 0.6 is 0 Å². The van der Waals surface area contributed by atoms with Crippen LogP contribution in [-0.4, -0.2) is 23.2 Å². The Labute approximate surface area is 123 Å². The van der Waals surface area contributed by atoms with E-state index in [-0.39, 0.29) is 11.6 Å². The Morgan fingerprint density at radius 3 is 2.60 bits per heavy atom. The van der Waals surface area contributed by atoms with E-state index in [1.54, 1.807) is 0 Å². The highest BCUT2D eigenvalue weighted by Gasteiger charge is 2.33. The zero-order chi connectivity index (χ0) is 14.8. The van der Waals surface area contributed by atoms with Crippen LogP contribution in [0.4, 0.5) is 0 Å². The van der Waals surface area contributed by atoms with Gasteiger partial charge in [0.05, 0.1) is 12.3 Å². The molecule has 3 nitrogen and oxygen atoms in total. The highest BCUT2D eigenvalue weighted by Crippen LogP contribution is 2.42. The van der Waals surface area contributed by atoms with E-state index in [2.05, 4.69) is 37.1 Å². The Bertz CT molecular complexity index is 437. The van der Waals surface area contributed by atoms with Crippen molar-refractivity contribution < 1.29 is 4.74 Å². The molecule has 0 aromatic carbocycles. The molecular formula is C17H28N2O. The molecule has 3 heteroatoms. The van der Waals surface area contributed by atoms with Gasteiger partial charge in [0.25, 0.3) is 0 Å². The summed E-state index contributed by atoms with van der Waals surface area (Å²) >= 11 is 0. The zero-order valence-corrected chi connectivity index (χ0v) is 13.4. The van der Waals surface area contributed by atoms with Crippen LogP contribution in [0.25, 0.3) is 0 Å². The molecule has 0 spiro atoms. The van der Waals surface area contributed by atoms with Gasteiger partial charge in [0.2, 0.25) is 0 Å². The van der Waals surface area contributed by atoms with Gasteiger partial charge < -0.3 is 10.1 Å². The summed E-state index contributed by atoms with van der Waals surface area (Å²) in [5.74, 6) is 2.25. The topological polar surface area (TPSA) is 34.1 Å². The van der Waals surface area contributed by atoms with Crippen LogP contribution in [0.3, 0.4) is 0 Å². The van der Waals surface area contributed by atoms with Gasteiger partial charge in [-0.3, -0.25) is 4.98 Å². The fourth-order valence-electron chi connectivity index (χ4n) is 2.66. The van der Waals surface area contributed by atoms with E-state index in [0.29, 0.717) is 5.92 Å². The smallest absolute Gasteiger partial charge is 0.138 e. The minimum Gasteiger partial charge on any atom is -0.489 e. The fraction of sp³-hybridized carbons (Fsp3) is 0.706. The van der Waals surface area contributed by atoms with E-state index >= 15 is 0 Å². The maximum absolute atomic E-state index is 5.74. The maximum Gasteiger partial charge on any atom is 0.138 e. The van der Waals surface area contributed by atoms with Gasteiger partial charge >= 0.3 is 0 Å². The SMILES string of the molecule is CC(C)Oc1cncc(C2CCC2CNC(C)(C)C)c1. The van der Waals surface area contributed by atoms with Crippen molar-refractivity contribution in [3.63, 3.8) is 0 Å². The third-order valence-electron chi connectivity index (χ3n) is 3.85. The zero-order valence-electron chi connectivity index (χ0n) is 13.4. The lowest BCUT2D eigenvalue weighted by atomic mass is 9.70. The van der Waals surface area contributed by atoms with Crippen LogP contribution in [0.1, 0.15) is 58.9 Å². The van der Waals surface area contributed by atoms with Crippen LogP contribution in [0.5, 0.6) is 5.75 Å². The number of pyridine rings is 1. The van der Waals surface area contributed by atoms with Gasteiger partial charge in [-0.2, -0.15) is 0 Å². The van der Waals surface area contributed by atoms with Crippen LogP contribution < -0.4 is 10.1 Å². The molecule has 0 aliphatic heterocycles. The molecule has 1 aromatic rings. The molecule has 0 radical (unpaired) electrons. The first-order valence-corrected chi connectivity index (χ1v) is 7.72. The Morgan fingerprint density at radius 1 is 1.30 bits per heavy atom. The van der Waals surface area contributed by atoms with Gasteiger partial charge in [-0.25, -0.2) is 0 Å². The van der Waals surface area contributed by atoms with Crippen molar-refractivity contribution in [1.82, 2.24) is 10.3 Å². The molecule has 0 amide bonds. The highest BCUT2D eigenvalue weighted by molar-refractivity contribution is 5.28. The Balaban J connectivity index is 1.97. The molecule has 1 aliphatic carbocycles. The van der Waals surface area contributed by atoms with Crippen LogP contribution in [0, 0.1) is 5.92 Å². The summed E-state index contributed by atoms with van der Waals surface area (Å²) in [5.41, 5.74) is 1.52. The molecule has 2 rings (SSSR count). The minimum absolute atomic E-state index is 0.195. The van der Waals surface area contributed by atoms with E-state index in [4.69, 9.17) is 4.74 Å². The summed E-state index contributed by atoms with van der Waals surface area (Å²) in [4.78, 5) is 4.34. The Kier molecular flexibility index (Phi) is 4.69. The van der Waals surface area contributed by atoms with Crippen molar-refractivity contribution in [3.8, 4) is 5.75 Å². The summed E-state index contributed by atoms with van der Waals surface area (Å²) in [6.07, 6.45) is 6.59. The maximum atomic E-state index is 5.74. The standard InChI is InChI=1S/C17H28N2O/c1-12(2)20-15-8-14(9-18-11-15)16-7-6-13(16)10-19-17(3,4)5/h8-9,11-13,16,19H,6-7,10H2,1-5H3. The fourth-order valence-corrected chi connectivity index (χ4v) is 2.66. The average Bonchev–Trinajstić information content (AvgIpc) is 2.25. The van der Waals surface area contributed by atoms with Crippen molar-refractivity contribution in [1.29, 1.82) is 0 Å². The first-order valence-electron chi connectivity index (χ1n) is 7.72. The quantitative estimate of drug-likeness (QED) is 0.889. The van der Waals surface area contributed by atoms with Crippen LogP contribution in [0.15, 0.2) is 18.5 Å². The second-order valence-electron chi connectivity index (χ2n) is 7.20. The third-order valence-corrected chi connectivity index (χ3v) is 3.85. The number of aromatic nitrogens is 1. The number of ether oxygens (including phenoxy) is 1. The van der Waals surface area contributed by atoms with Crippen LogP contribution in [-0.2, 0) is 0 Å². The van der Waals surface area contributed by atoms with E-state index in [1.807, 2.05) is 26.2 Å². The van der Waals surface area contributed by atoms with Gasteiger partial charge in [0.15, 0.2) is 0 Å². The highest BCUT2D eigenvalue weighted by atomic mass is 16.5. The normalized spacial score (nSPS) is 22.7. The predicted molar refractivity (Wildman–Crippen MR) is 83.2 cm³/mol. The molecule has 0 saturated heterocycles. The summed E-state index contributed by atoms with van der Waals surface area (Å²) in [5, 5.41) is 3.62. The first-order chi connectivity index (χ1) is 9.35. The molecule has 1 N–H and O–H groups in total. The summed E-state index contributed by atoms with van der Waals surface area (Å²) in [6.45, 7) is 11.8. The summed E-state index contributed by atoms with van der Waals surface area (Å²) < 4.78 is 5.74. The van der Waals surface area contributed by atoms with E-state index in [1.165, 1.54) is 18.4 Å². The summed E-state index contributed by atoms with van der Waals surface area (Å²) in [7, 11) is 0. The molecule has 2 unspecified atom stereocenters. The number of hydrogen-bond donors (Lipinski definition) is 1. The number of nitrogens with one attached hydrogen (secondary N) is 1. The average molecular weight is 276 g/mol. The van der Waals surface area contributed by atoms with Gasteiger partial charge in [0.1, 0.15) is 5.75 Å². The number of nitrogens with zero attached hydrogens (tertiary/aromatic N) is 1. The molecule has 20 heavy (non-hydrogen) atoms. The van der Waals surface area contributed by atoms with Crippen molar-refractivity contribution in [2.24, 2.45) is 5.92 Å². The Hall–Kier alpha value is -1.09. The molecule has 112 valence electrons. The minimum atomic E-state index is 0.195. The van der Waals surface area contributed by atoms with Crippen molar-refractivity contribution in [3.05, 3.63) is 24.0 Å². The second kappa shape index (κ2) is 6.13. The molecule has 1 aliphatic rings. The van der Waals surface area contributed by atoms with Gasteiger partial charge in [0, 0.05) is 11.7 Å². The largest absolute Gasteiger partial charge is 0.489 e. The van der Waals surface area contributed by atoms with Gasteiger partial charge in [-0.1, -0.05) is 0 Å². The van der Waals surface area contributed by atoms with E-state index in [9.17, 15) is 0 Å². The van der Waals surface area contributed by atoms with Crippen LogP contribution in [0.2, 0.25) is 0 Å². The van der Waals surface area contributed by atoms with Gasteiger partial charge in [-0.15, -0.1) is 0 Å². The lowest BCUT2D eigenvalue weighted by Gasteiger charge is -2.39.